The molecule has 1 aromatic carbocycles. The van der Waals surface area contributed by atoms with Crippen molar-refractivity contribution in [3.05, 3.63) is 34.0 Å². The molecule has 104 valence electrons. The number of aryl methyl sites for hydroxylation is 2. The zero-order chi connectivity index (χ0) is 14.7. The molecule has 0 fully saturated rings. The topological polar surface area (TPSA) is 22.4 Å². The molecular formula is C16H15ClO2S. The van der Waals surface area contributed by atoms with E-state index < -0.39 is 0 Å². The number of halogens is 1. The molecule has 1 heterocycles. The van der Waals surface area contributed by atoms with Crippen LogP contribution in [0.5, 0.6) is 5.75 Å². The van der Waals surface area contributed by atoms with Crippen molar-refractivity contribution in [1.82, 2.24) is 0 Å². The Labute approximate surface area is 128 Å². The Morgan fingerprint density at radius 2 is 2.10 bits per heavy atom. The first kappa shape index (κ1) is 14.9. The van der Waals surface area contributed by atoms with Crippen LogP contribution in [0.1, 0.15) is 18.1 Å². The second kappa shape index (κ2) is 6.30. The van der Waals surface area contributed by atoms with Crippen molar-refractivity contribution in [2.24, 2.45) is 0 Å². The SMILES string of the molecule is Cc1cc(C)c2oc(=S)cc(OC(C)C#CCCl)c2c1. The second-order valence-corrected chi connectivity index (χ2v) is 5.27. The lowest BCUT2D eigenvalue weighted by molar-refractivity contribution is 0.280. The maximum Gasteiger partial charge on any atom is 0.194 e. The fourth-order valence-electron chi connectivity index (χ4n) is 2.09. The van der Waals surface area contributed by atoms with Crippen molar-refractivity contribution >= 4 is 34.8 Å². The van der Waals surface area contributed by atoms with Gasteiger partial charge in [0.2, 0.25) is 0 Å². The Kier molecular flexibility index (Phi) is 4.69. The Hall–Kier alpha value is -1.50. The van der Waals surface area contributed by atoms with Crippen LogP contribution in [0.3, 0.4) is 0 Å². The normalized spacial score (nSPS) is 11.8. The van der Waals surface area contributed by atoms with E-state index in [0.717, 1.165) is 22.1 Å². The van der Waals surface area contributed by atoms with Crippen LogP contribution in [-0.2, 0) is 0 Å². The Bertz CT molecular complexity index is 753. The predicted octanol–water partition coefficient (Wildman–Crippen LogP) is 4.79. The monoisotopic (exact) mass is 306 g/mol. The van der Waals surface area contributed by atoms with Crippen molar-refractivity contribution in [3.63, 3.8) is 0 Å². The largest absolute Gasteiger partial charge is 0.477 e. The van der Waals surface area contributed by atoms with Gasteiger partial charge >= 0.3 is 0 Å². The molecule has 0 amide bonds. The van der Waals surface area contributed by atoms with Gasteiger partial charge in [-0.05, 0) is 50.2 Å². The number of hydrogen-bond donors (Lipinski definition) is 0. The molecular weight excluding hydrogens is 292 g/mol. The van der Waals surface area contributed by atoms with Gasteiger partial charge in [0, 0.05) is 6.07 Å². The van der Waals surface area contributed by atoms with E-state index >= 15 is 0 Å². The van der Waals surface area contributed by atoms with Crippen LogP contribution >= 0.6 is 23.8 Å². The van der Waals surface area contributed by atoms with E-state index in [9.17, 15) is 0 Å². The molecule has 2 aromatic rings. The highest BCUT2D eigenvalue weighted by Crippen LogP contribution is 2.30. The summed E-state index contributed by atoms with van der Waals surface area (Å²) in [5, 5.41) is 0.913. The van der Waals surface area contributed by atoms with Gasteiger partial charge in [-0.2, -0.15) is 0 Å². The smallest absolute Gasteiger partial charge is 0.194 e. The molecule has 0 aliphatic heterocycles. The highest BCUT2D eigenvalue weighted by molar-refractivity contribution is 7.71. The average molecular weight is 307 g/mol. The van der Waals surface area contributed by atoms with Crippen LogP contribution in [0.2, 0.25) is 0 Å². The molecule has 2 nitrogen and oxygen atoms in total. The van der Waals surface area contributed by atoms with Gasteiger partial charge in [0.15, 0.2) is 10.8 Å². The molecule has 0 saturated heterocycles. The van der Waals surface area contributed by atoms with Gasteiger partial charge < -0.3 is 9.15 Å². The minimum Gasteiger partial charge on any atom is -0.477 e. The zero-order valence-electron chi connectivity index (χ0n) is 11.6. The highest BCUT2D eigenvalue weighted by atomic mass is 35.5. The van der Waals surface area contributed by atoms with Crippen molar-refractivity contribution in [2.75, 3.05) is 5.88 Å². The Morgan fingerprint density at radius 1 is 1.35 bits per heavy atom. The lowest BCUT2D eigenvalue weighted by atomic mass is 10.1. The molecule has 2 rings (SSSR count). The zero-order valence-corrected chi connectivity index (χ0v) is 13.2. The number of hydrogen-bond acceptors (Lipinski definition) is 3. The minimum absolute atomic E-state index is 0.255. The summed E-state index contributed by atoms with van der Waals surface area (Å²) in [6.07, 6.45) is -0.255. The molecule has 0 spiro atoms. The van der Waals surface area contributed by atoms with Crippen LogP contribution in [0, 0.1) is 30.4 Å². The quantitative estimate of drug-likeness (QED) is 0.452. The third-order valence-electron chi connectivity index (χ3n) is 2.81. The summed E-state index contributed by atoms with van der Waals surface area (Å²) < 4.78 is 11.9. The second-order valence-electron chi connectivity index (χ2n) is 4.60. The number of rotatable bonds is 2. The molecule has 0 bridgehead atoms. The van der Waals surface area contributed by atoms with Gasteiger partial charge in [0.1, 0.15) is 11.3 Å². The predicted molar refractivity (Wildman–Crippen MR) is 85.1 cm³/mol. The van der Waals surface area contributed by atoms with Crippen LogP contribution < -0.4 is 4.74 Å². The molecule has 20 heavy (non-hydrogen) atoms. The van der Waals surface area contributed by atoms with Gasteiger partial charge in [-0.3, -0.25) is 0 Å². The van der Waals surface area contributed by atoms with Crippen molar-refractivity contribution < 1.29 is 9.15 Å². The van der Waals surface area contributed by atoms with Crippen LogP contribution in [0.15, 0.2) is 22.6 Å². The van der Waals surface area contributed by atoms with Crippen molar-refractivity contribution in [3.8, 4) is 17.6 Å². The van der Waals surface area contributed by atoms with E-state index in [2.05, 4.69) is 17.9 Å². The molecule has 0 aliphatic carbocycles. The summed E-state index contributed by atoms with van der Waals surface area (Å²) in [6, 6.07) is 5.80. The number of benzene rings is 1. The number of ether oxygens (including phenoxy) is 1. The molecule has 0 aliphatic rings. The van der Waals surface area contributed by atoms with Crippen LogP contribution in [0.4, 0.5) is 0 Å². The molecule has 0 saturated carbocycles. The Morgan fingerprint density at radius 3 is 2.80 bits per heavy atom. The van der Waals surface area contributed by atoms with E-state index in [4.69, 9.17) is 33.0 Å². The third-order valence-corrected chi connectivity index (χ3v) is 3.15. The fraction of sp³-hybridized carbons (Fsp3) is 0.312. The average Bonchev–Trinajstić information content (AvgIpc) is 2.38. The van der Waals surface area contributed by atoms with Gasteiger partial charge in [-0.15, -0.1) is 11.6 Å². The summed E-state index contributed by atoms with van der Waals surface area (Å²) in [5.41, 5.74) is 2.94. The first-order valence-electron chi connectivity index (χ1n) is 6.27. The van der Waals surface area contributed by atoms with E-state index in [0.29, 0.717) is 16.3 Å². The van der Waals surface area contributed by atoms with Crippen LogP contribution in [-0.4, -0.2) is 12.0 Å². The van der Waals surface area contributed by atoms with E-state index in [1.807, 2.05) is 26.8 Å². The van der Waals surface area contributed by atoms with Gasteiger partial charge in [-0.1, -0.05) is 17.9 Å². The lowest BCUT2D eigenvalue weighted by Gasteiger charge is -2.12. The molecule has 1 aromatic heterocycles. The van der Waals surface area contributed by atoms with Gasteiger partial charge in [0.05, 0.1) is 11.3 Å². The first-order valence-corrected chi connectivity index (χ1v) is 7.21. The molecule has 1 unspecified atom stereocenters. The van der Waals surface area contributed by atoms with E-state index in [-0.39, 0.29) is 6.10 Å². The lowest BCUT2D eigenvalue weighted by Crippen LogP contribution is -2.09. The standard InChI is InChI=1S/C16H15ClO2S/c1-10-7-11(2)16-13(8-10)14(9-15(20)19-16)18-12(3)5-4-6-17/h7-9,12H,6H2,1-3H3. The summed E-state index contributed by atoms with van der Waals surface area (Å²) in [5.74, 6) is 6.71. The highest BCUT2D eigenvalue weighted by Gasteiger charge is 2.10. The van der Waals surface area contributed by atoms with Gasteiger partial charge in [-0.25, -0.2) is 0 Å². The number of fused-ring (bicyclic) bond motifs is 1. The maximum atomic E-state index is 5.86. The van der Waals surface area contributed by atoms with E-state index in [1.165, 1.54) is 0 Å². The maximum absolute atomic E-state index is 5.86. The van der Waals surface area contributed by atoms with Gasteiger partial charge in [0.25, 0.3) is 0 Å². The Balaban J connectivity index is 2.55. The van der Waals surface area contributed by atoms with Crippen LogP contribution in [0.25, 0.3) is 11.0 Å². The first-order chi connectivity index (χ1) is 9.51. The summed E-state index contributed by atoms with van der Waals surface area (Å²) in [4.78, 5) is 0. The third kappa shape index (κ3) is 3.33. The molecule has 4 heteroatoms. The molecule has 0 radical (unpaired) electrons. The number of alkyl halides is 1. The van der Waals surface area contributed by atoms with Crippen molar-refractivity contribution in [1.29, 1.82) is 0 Å². The molecule has 1 atom stereocenters. The minimum atomic E-state index is -0.255. The molecule has 0 N–H and O–H groups in total. The summed E-state index contributed by atoms with van der Waals surface area (Å²) in [6.45, 7) is 5.91. The summed E-state index contributed by atoms with van der Waals surface area (Å²) >= 11 is 10.7. The fourth-order valence-corrected chi connectivity index (χ4v) is 2.35. The van der Waals surface area contributed by atoms with Crippen molar-refractivity contribution in [2.45, 2.75) is 26.9 Å². The summed E-state index contributed by atoms with van der Waals surface area (Å²) in [7, 11) is 0. The van der Waals surface area contributed by atoms with E-state index in [1.54, 1.807) is 6.07 Å².